The van der Waals surface area contributed by atoms with Crippen LogP contribution in [0.2, 0.25) is 0 Å². The fourth-order valence-corrected chi connectivity index (χ4v) is 2.71. The van der Waals surface area contributed by atoms with Crippen molar-refractivity contribution >= 4 is 11.7 Å². The minimum Gasteiger partial charge on any atom is -0.358 e. The van der Waals surface area contributed by atoms with Gasteiger partial charge in [0, 0.05) is 25.2 Å². The van der Waals surface area contributed by atoms with Gasteiger partial charge in [0.25, 0.3) is 5.91 Å². The minimum atomic E-state index is -0.477. The van der Waals surface area contributed by atoms with Gasteiger partial charge in [-0.2, -0.15) is 0 Å². The van der Waals surface area contributed by atoms with Gasteiger partial charge in [0.05, 0.1) is 7.05 Å². The number of nitro groups is 1. The molecule has 7 nitrogen and oxygen atoms in total. The zero-order chi connectivity index (χ0) is 14.7. The maximum absolute atomic E-state index is 12.6. The van der Waals surface area contributed by atoms with Crippen LogP contribution < -0.4 is 5.32 Å². The Bertz CT molecular complexity index is 506. The molecule has 1 aromatic rings. The fourth-order valence-electron chi connectivity index (χ4n) is 2.71. The molecule has 1 N–H and O–H groups in total. The molecule has 0 spiro atoms. The maximum Gasteiger partial charge on any atom is 0.323 e. The molecular formula is C13H20N4O3. The first-order chi connectivity index (χ1) is 9.56. The standard InChI is InChI=1S/C13H20N4O3/c1-3-16(10-5-4-8-14-9-10)13(18)11-6-7-12(15(11)2)17(19)20/h6-7,10,14H,3-5,8-9H2,1-2H3. The molecule has 0 radical (unpaired) electrons. The van der Waals surface area contributed by atoms with E-state index < -0.39 is 4.92 Å². The highest BCUT2D eigenvalue weighted by Gasteiger charge is 2.29. The number of nitrogens with zero attached hydrogens (tertiary/aromatic N) is 3. The smallest absolute Gasteiger partial charge is 0.323 e. The van der Waals surface area contributed by atoms with Gasteiger partial charge in [0.1, 0.15) is 0 Å². The quantitative estimate of drug-likeness (QED) is 0.662. The van der Waals surface area contributed by atoms with E-state index >= 15 is 0 Å². The second kappa shape index (κ2) is 6.04. The van der Waals surface area contributed by atoms with Crippen LogP contribution in [0, 0.1) is 10.1 Å². The molecule has 1 aliphatic heterocycles. The average Bonchev–Trinajstić information content (AvgIpc) is 2.82. The summed E-state index contributed by atoms with van der Waals surface area (Å²) in [5.41, 5.74) is 0.365. The topological polar surface area (TPSA) is 80.4 Å². The molecule has 2 rings (SSSR count). The molecule has 1 amide bonds. The molecule has 1 fully saturated rings. The zero-order valence-corrected chi connectivity index (χ0v) is 11.8. The molecule has 0 bridgehead atoms. The van der Waals surface area contributed by atoms with Gasteiger partial charge in [-0.1, -0.05) is 0 Å². The minimum absolute atomic E-state index is 0.0637. The lowest BCUT2D eigenvalue weighted by Gasteiger charge is -2.33. The van der Waals surface area contributed by atoms with Crippen molar-refractivity contribution in [2.24, 2.45) is 7.05 Å². The number of piperidine rings is 1. The van der Waals surface area contributed by atoms with E-state index in [1.165, 1.54) is 16.7 Å². The van der Waals surface area contributed by atoms with E-state index in [2.05, 4.69) is 5.32 Å². The second-order valence-corrected chi connectivity index (χ2v) is 4.98. The second-order valence-electron chi connectivity index (χ2n) is 4.98. The van der Waals surface area contributed by atoms with E-state index in [1.54, 1.807) is 11.9 Å². The molecule has 1 unspecified atom stereocenters. The number of amides is 1. The van der Waals surface area contributed by atoms with Crippen molar-refractivity contribution < 1.29 is 9.72 Å². The van der Waals surface area contributed by atoms with Crippen LogP contribution in [0.25, 0.3) is 0 Å². The van der Waals surface area contributed by atoms with Gasteiger partial charge in [-0.25, -0.2) is 4.57 Å². The summed E-state index contributed by atoms with van der Waals surface area (Å²) in [4.78, 5) is 24.8. The van der Waals surface area contributed by atoms with Crippen LogP contribution in [0.1, 0.15) is 30.3 Å². The van der Waals surface area contributed by atoms with Gasteiger partial charge >= 0.3 is 5.82 Å². The molecular weight excluding hydrogens is 260 g/mol. The zero-order valence-electron chi connectivity index (χ0n) is 11.8. The van der Waals surface area contributed by atoms with E-state index in [1.807, 2.05) is 6.92 Å². The highest BCUT2D eigenvalue weighted by atomic mass is 16.6. The highest BCUT2D eigenvalue weighted by Crippen LogP contribution is 2.19. The molecule has 1 saturated heterocycles. The normalized spacial score (nSPS) is 18.8. The Morgan fingerprint density at radius 2 is 2.35 bits per heavy atom. The molecule has 2 heterocycles. The molecule has 20 heavy (non-hydrogen) atoms. The first-order valence-electron chi connectivity index (χ1n) is 6.88. The number of carbonyl (C=O) groups is 1. The monoisotopic (exact) mass is 280 g/mol. The number of nitrogens with one attached hydrogen (secondary N) is 1. The Kier molecular flexibility index (Phi) is 4.39. The van der Waals surface area contributed by atoms with E-state index in [9.17, 15) is 14.9 Å². The van der Waals surface area contributed by atoms with E-state index in [-0.39, 0.29) is 17.8 Å². The van der Waals surface area contributed by atoms with Crippen molar-refractivity contribution in [2.75, 3.05) is 19.6 Å². The Balaban J connectivity index is 2.22. The van der Waals surface area contributed by atoms with Crippen LogP contribution in [0.3, 0.4) is 0 Å². The van der Waals surface area contributed by atoms with E-state index in [0.717, 1.165) is 25.9 Å². The number of likely N-dealkylation sites (N-methyl/N-ethyl adjacent to an activating group) is 1. The summed E-state index contributed by atoms with van der Waals surface area (Å²) in [7, 11) is 1.55. The molecule has 0 aliphatic carbocycles. The van der Waals surface area contributed by atoms with Gasteiger partial charge in [-0.3, -0.25) is 4.79 Å². The third-order valence-corrected chi connectivity index (χ3v) is 3.81. The SMILES string of the molecule is CCN(C(=O)c1ccc([N+](=O)[O-])n1C)C1CCCNC1. The fraction of sp³-hybridized carbons (Fsp3) is 0.615. The third-order valence-electron chi connectivity index (χ3n) is 3.81. The summed E-state index contributed by atoms with van der Waals surface area (Å²) in [6.07, 6.45) is 2.01. The van der Waals surface area contributed by atoms with Gasteiger partial charge in [0.2, 0.25) is 0 Å². The largest absolute Gasteiger partial charge is 0.358 e. The van der Waals surface area contributed by atoms with Crippen molar-refractivity contribution in [3.63, 3.8) is 0 Å². The van der Waals surface area contributed by atoms with Crippen molar-refractivity contribution in [1.82, 2.24) is 14.8 Å². The highest BCUT2D eigenvalue weighted by molar-refractivity contribution is 5.93. The molecule has 0 saturated carbocycles. The lowest BCUT2D eigenvalue weighted by atomic mass is 10.1. The van der Waals surface area contributed by atoms with Crippen LogP contribution in [0.4, 0.5) is 5.82 Å². The number of rotatable bonds is 4. The lowest BCUT2D eigenvalue weighted by molar-refractivity contribution is -0.391. The molecule has 7 heteroatoms. The Labute approximate surface area is 117 Å². The lowest BCUT2D eigenvalue weighted by Crippen LogP contribution is -2.48. The number of hydrogen-bond donors (Lipinski definition) is 1. The molecule has 1 atom stereocenters. The van der Waals surface area contributed by atoms with Crippen molar-refractivity contribution in [3.05, 3.63) is 27.9 Å². The molecule has 1 aromatic heterocycles. The maximum atomic E-state index is 12.6. The number of carbonyl (C=O) groups excluding carboxylic acids is 1. The molecule has 0 aromatic carbocycles. The summed E-state index contributed by atoms with van der Waals surface area (Å²) in [5.74, 6) is -0.206. The van der Waals surface area contributed by atoms with Crippen LogP contribution in [0.5, 0.6) is 0 Å². The summed E-state index contributed by atoms with van der Waals surface area (Å²) < 4.78 is 1.35. The number of hydrogen-bond acceptors (Lipinski definition) is 4. The van der Waals surface area contributed by atoms with Crippen molar-refractivity contribution in [3.8, 4) is 0 Å². The van der Waals surface area contributed by atoms with Gasteiger partial charge in [-0.05, 0) is 37.3 Å². The Morgan fingerprint density at radius 1 is 1.60 bits per heavy atom. The molecule has 110 valence electrons. The van der Waals surface area contributed by atoms with E-state index in [4.69, 9.17) is 0 Å². The van der Waals surface area contributed by atoms with Crippen molar-refractivity contribution in [1.29, 1.82) is 0 Å². The van der Waals surface area contributed by atoms with Crippen LogP contribution in [-0.4, -0.2) is 46.0 Å². The Hall–Kier alpha value is -1.89. The first-order valence-corrected chi connectivity index (χ1v) is 6.88. The van der Waals surface area contributed by atoms with Crippen LogP contribution in [0.15, 0.2) is 12.1 Å². The summed E-state index contributed by atoms with van der Waals surface area (Å²) in [6, 6.07) is 3.06. The van der Waals surface area contributed by atoms with Gasteiger partial charge in [0.15, 0.2) is 5.69 Å². The summed E-state index contributed by atoms with van der Waals surface area (Å²) >= 11 is 0. The predicted molar refractivity (Wildman–Crippen MR) is 74.7 cm³/mol. The Morgan fingerprint density at radius 3 is 2.85 bits per heavy atom. The van der Waals surface area contributed by atoms with Crippen LogP contribution in [-0.2, 0) is 7.05 Å². The predicted octanol–water partition coefficient (Wildman–Crippen LogP) is 1.15. The van der Waals surface area contributed by atoms with Crippen LogP contribution >= 0.6 is 0 Å². The number of aromatic nitrogens is 1. The third kappa shape index (κ3) is 2.67. The summed E-state index contributed by atoms with van der Waals surface area (Å²) in [5, 5.41) is 14.1. The first kappa shape index (κ1) is 14.5. The van der Waals surface area contributed by atoms with Gasteiger partial charge < -0.3 is 20.3 Å². The van der Waals surface area contributed by atoms with Crippen molar-refractivity contribution in [2.45, 2.75) is 25.8 Å². The van der Waals surface area contributed by atoms with E-state index in [0.29, 0.717) is 12.2 Å². The molecule has 1 aliphatic rings. The average molecular weight is 280 g/mol. The van der Waals surface area contributed by atoms with Gasteiger partial charge in [-0.15, -0.1) is 0 Å². The summed E-state index contributed by atoms with van der Waals surface area (Å²) in [6.45, 7) is 4.30.